The molecule has 3 aromatic rings. The Kier molecular flexibility index (Phi) is 4.96. The fourth-order valence-electron chi connectivity index (χ4n) is 3.01. The van der Waals surface area contributed by atoms with E-state index < -0.39 is 15.9 Å². The van der Waals surface area contributed by atoms with Gasteiger partial charge in [0.15, 0.2) is 10.9 Å². The van der Waals surface area contributed by atoms with Crippen molar-refractivity contribution in [3.63, 3.8) is 0 Å². The molecule has 0 radical (unpaired) electrons. The van der Waals surface area contributed by atoms with Gasteiger partial charge >= 0.3 is 0 Å². The van der Waals surface area contributed by atoms with Gasteiger partial charge in [0.2, 0.25) is 10.0 Å². The highest BCUT2D eigenvalue weighted by atomic mass is 32.2. The molecular weight excluding hydrogens is 400 g/mol. The zero-order valence-corrected chi connectivity index (χ0v) is 17.1. The van der Waals surface area contributed by atoms with Crippen molar-refractivity contribution in [3.8, 4) is 0 Å². The van der Waals surface area contributed by atoms with E-state index in [1.165, 1.54) is 15.6 Å². The molecule has 0 unspecified atom stereocenters. The second-order valence-electron chi connectivity index (χ2n) is 6.72. The number of fused-ring (bicyclic) bond motifs is 1. The van der Waals surface area contributed by atoms with Crippen LogP contribution in [0.5, 0.6) is 0 Å². The number of amides is 1. The summed E-state index contributed by atoms with van der Waals surface area (Å²) in [5.74, 6) is 0.459. The first-order valence-electron chi connectivity index (χ1n) is 8.80. The molecule has 1 amide bonds. The Hall–Kier alpha value is -2.27. The number of aryl methyl sites for hydroxylation is 1. The minimum absolute atomic E-state index is 0.204. The number of piperazine rings is 1. The molecule has 1 fully saturated rings. The standard InChI is InChI=1S/C18H20N4O4S2/c1-12-3-6-15(26-12)17(23)20-18-19-14-5-4-13(11-16(14)27-18)28(24,25)22-9-7-21(2)8-10-22/h3-6,11H,7-10H2,1-2H3,(H,19,20,23). The molecule has 0 aliphatic carbocycles. The van der Waals surface area contributed by atoms with E-state index in [0.29, 0.717) is 47.3 Å². The number of likely N-dealkylation sites (N-methyl/N-ethyl adjacent to an activating group) is 1. The molecule has 0 bridgehead atoms. The van der Waals surface area contributed by atoms with Gasteiger partial charge in [-0.3, -0.25) is 10.1 Å². The Labute approximate surface area is 166 Å². The summed E-state index contributed by atoms with van der Waals surface area (Å²) in [4.78, 5) is 18.9. The third-order valence-corrected chi connectivity index (χ3v) is 7.47. The number of nitrogens with one attached hydrogen (secondary N) is 1. The molecule has 1 aliphatic rings. The van der Waals surface area contributed by atoms with Crippen LogP contribution in [0, 0.1) is 6.92 Å². The van der Waals surface area contributed by atoms with Crippen LogP contribution in [-0.2, 0) is 10.0 Å². The van der Waals surface area contributed by atoms with E-state index in [2.05, 4.69) is 15.2 Å². The van der Waals surface area contributed by atoms with Crippen LogP contribution in [0.15, 0.2) is 39.6 Å². The molecule has 1 aromatic carbocycles. The lowest BCUT2D eigenvalue weighted by Gasteiger charge is -2.31. The van der Waals surface area contributed by atoms with E-state index in [1.54, 1.807) is 37.3 Å². The molecule has 3 heterocycles. The maximum Gasteiger partial charge on any atom is 0.293 e. The van der Waals surface area contributed by atoms with Gasteiger partial charge in [-0.1, -0.05) is 11.3 Å². The predicted octanol–water partition coefficient (Wildman–Crippen LogP) is 2.39. The summed E-state index contributed by atoms with van der Waals surface area (Å²) >= 11 is 1.23. The Morgan fingerprint density at radius 3 is 2.61 bits per heavy atom. The molecule has 148 valence electrons. The number of carbonyl (C=O) groups excluding carboxylic acids is 1. The lowest BCUT2D eigenvalue weighted by Crippen LogP contribution is -2.46. The van der Waals surface area contributed by atoms with Gasteiger partial charge in [0.05, 0.1) is 15.1 Å². The van der Waals surface area contributed by atoms with Crippen molar-refractivity contribution in [2.45, 2.75) is 11.8 Å². The summed E-state index contributed by atoms with van der Waals surface area (Å²) in [5.41, 5.74) is 0.633. The van der Waals surface area contributed by atoms with Crippen molar-refractivity contribution in [1.82, 2.24) is 14.2 Å². The lowest BCUT2D eigenvalue weighted by molar-refractivity contribution is 0.0995. The Morgan fingerprint density at radius 2 is 1.93 bits per heavy atom. The first-order chi connectivity index (χ1) is 13.3. The molecule has 0 spiro atoms. The van der Waals surface area contributed by atoms with Crippen molar-refractivity contribution < 1.29 is 17.6 Å². The number of hydrogen-bond donors (Lipinski definition) is 1. The van der Waals surface area contributed by atoms with Crippen molar-refractivity contribution in [2.75, 3.05) is 38.5 Å². The van der Waals surface area contributed by atoms with Crippen molar-refractivity contribution in [3.05, 3.63) is 41.9 Å². The van der Waals surface area contributed by atoms with Gasteiger partial charge in [-0.05, 0) is 44.3 Å². The normalized spacial score (nSPS) is 16.5. The van der Waals surface area contributed by atoms with Crippen LogP contribution in [0.25, 0.3) is 10.2 Å². The van der Waals surface area contributed by atoms with Crippen LogP contribution in [-0.4, -0.2) is 61.7 Å². The lowest BCUT2D eigenvalue weighted by atomic mass is 10.3. The number of hydrogen-bond acceptors (Lipinski definition) is 7. The highest BCUT2D eigenvalue weighted by Gasteiger charge is 2.28. The predicted molar refractivity (Wildman–Crippen MR) is 107 cm³/mol. The number of carbonyl (C=O) groups is 1. The molecule has 10 heteroatoms. The maximum absolute atomic E-state index is 12.9. The number of sulfonamides is 1. The van der Waals surface area contributed by atoms with E-state index in [4.69, 9.17) is 4.42 Å². The molecule has 1 saturated heterocycles. The Bertz CT molecular complexity index is 1130. The number of anilines is 1. The summed E-state index contributed by atoms with van der Waals surface area (Å²) in [5, 5.41) is 3.09. The van der Waals surface area contributed by atoms with Crippen LogP contribution in [0.3, 0.4) is 0 Å². The van der Waals surface area contributed by atoms with E-state index in [-0.39, 0.29) is 10.7 Å². The highest BCUT2D eigenvalue weighted by Crippen LogP contribution is 2.29. The van der Waals surface area contributed by atoms with Gasteiger partial charge < -0.3 is 9.32 Å². The number of nitrogens with zero attached hydrogens (tertiary/aromatic N) is 3. The molecule has 8 nitrogen and oxygen atoms in total. The van der Waals surface area contributed by atoms with E-state index >= 15 is 0 Å². The quantitative estimate of drug-likeness (QED) is 0.696. The highest BCUT2D eigenvalue weighted by molar-refractivity contribution is 7.89. The van der Waals surface area contributed by atoms with Gasteiger partial charge in [0.1, 0.15) is 5.76 Å². The monoisotopic (exact) mass is 420 g/mol. The molecule has 4 rings (SSSR count). The molecule has 1 N–H and O–H groups in total. The Morgan fingerprint density at radius 1 is 1.18 bits per heavy atom. The number of aromatic nitrogens is 1. The van der Waals surface area contributed by atoms with Crippen molar-refractivity contribution >= 4 is 42.6 Å². The summed E-state index contributed by atoms with van der Waals surface area (Å²) in [6, 6.07) is 8.16. The molecule has 2 aromatic heterocycles. The minimum Gasteiger partial charge on any atom is -0.456 e. The molecule has 0 saturated carbocycles. The number of benzene rings is 1. The molecular formula is C18H20N4O4S2. The third-order valence-electron chi connectivity index (χ3n) is 4.64. The third kappa shape index (κ3) is 3.68. The Balaban J connectivity index is 1.57. The minimum atomic E-state index is -3.55. The largest absolute Gasteiger partial charge is 0.456 e. The fraction of sp³-hybridized carbons (Fsp3) is 0.333. The van der Waals surface area contributed by atoms with Gasteiger partial charge in [-0.2, -0.15) is 4.31 Å². The maximum atomic E-state index is 12.9. The van der Waals surface area contributed by atoms with Crippen molar-refractivity contribution in [1.29, 1.82) is 0 Å². The zero-order valence-electron chi connectivity index (χ0n) is 15.5. The van der Waals surface area contributed by atoms with Crippen LogP contribution in [0.2, 0.25) is 0 Å². The zero-order chi connectivity index (χ0) is 19.9. The first-order valence-corrected chi connectivity index (χ1v) is 11.1. The van der Waals surface area contributed by atoms with Gasteiger partial charge in [-0.25, -0.2) is 13.4 Å². The van der Waals surface area contributed by atoms with Crippen LogP contribution in [0.4, 0.5) is 5.13 Å². The van der Waals surface area contributed by atoms with E-state index in [0.717, 1.165) is 0 Å². The smallest absolute Gasteiger partial charge is 0.293 e. The van der Waals surface area contributed by atoms with Gasteiger partial charge in [-0.15, -0.1) is 0 Å². The average molecular weight is 421 g/mol. The van der Waals surface area contributed by atoms with Crippen LogP contribution in [0.1, 0.15) is 16.3 Å². The molecule has 0 atom stereocenters. The van der Waals surface area contributed by atoms with E-state index in [1.807, 2.05) is 7.05 Å². The van der Waals surface area contributed by atoms with E-state index in [9.17, 15) is 13.2 Å². The topological polar surface area (TPSA) is 95.7 Å². The average Bonchev–Trinajstić information content (AvgIpc) is 3.27. The summed E-state index contributed by atoms with van der Waals surface area (Å²) in [7, 11) is -1.57. The summed E-state index contributed by atoms with van der Waals surface area (Å²) in [6.45, 7) is 4.14. The van der Waals surface area contributed by atoms with Gasteiger partial charge in [0.25, 0.3) is 5.91 Å². The van der Waals surface area contributed by atoms with Crippen LogP contribution < -0.4 is 5.32 Å². The number of rotatable bonds is 4. The number of furan rings is 1. The first kappa shape index (κ1) is 19.1. The second kappa shape index (κ2) is 7.28. The van der Waals surface area contributed by atoms with Gasteiger partial charge in [0, 0.05) is 26.2 Å². The molecule has 1 aliphatic heterocycles. The summed E-state index contributed by atoms with van der Waals surface area (Å²) < 4.78 is 33.4. The molecule has 28 heavy (non-hydrogen) atoms. The van der Waals surface area contributed by atoms with Crippen LogP contribution >= 0.6 is 11.3 Å². The number of thiazole rings is 1. The summed E-state index contributed by atoms with van der Waals surface area (Å²) in [6.07, 6.45) is 0. The SMILES string of the molecule is Cc1ccc(C(=O)Nc2nc3ccc(S(=O)(=O)N4CCN(C)CC4)cc3s2)o1. The van der Waals surface area contributed by atoms with Crippen molar-refractivity contribution in [2.24, 2.45) is 0 Å². The second-order valence-corrected chi connectivity index (χ2v) is 9.69. The fourth-order valence-corrected chi connectivity index (χ4v) is 5.44.